The van der Waals surface area contributed by atoms with Gasteiger partial charge in [-0.3, -0.25) is 9.59 Å². The van der Waals surface area contributed by atoms with Gasteiger partial charge >= 0.3 is 5.97 Å². The molecule has 0 heterocycles. The molecular weight excluding hydrogens is 426 g/mol. The Bertz CT molecular complexity index is 836. The van der Waals surface area contributed by atoms with Crippen molar-refractivity contribution in [2.45, 2.75) is 19.4 Å². The van der Waals surface area contributed by atoms with Crippen molar-refractivity contribution in [2.24, 2.45) is 0 Å². The number of amides is 1. The minimum absolute atomic E-state index is 0.0264. The Morgan fingerprint density at radius 1 is 1.21 bits per heavy atom. The highest BCUT2D eigenvalue weighted by Crippen LogP contribution is 2.37. The molecule has 0 saturated carbocycles. The van der Waals surface area contributed by atoms with Crippen molar-refractivity contribution >= 4 is 33.9 Å². The van der Waals surface area contributed by atoms with Gasteiger partial charge in [0.25, 0.3) is 0 Å². The molecule has 1 amide bonds. The number of carboxylic acids is 1. The molecule has 0 aliphatic rings. The van der Waals surface area contributed by atoms with Crippen LogP contribution in [0.3, 0.4) is 0 Å². The number of aliphatic carboxylic acids is 1. The molecular formula is C21H22BrNO5. The van der Waals surface area contributed by atoms with E-state index in [1.807, 2.05) is 36.4 Å². The molecule has 28 heavy (non-hydrogen) atoms. The Morgan fingerprint density at radius 3 is 2.64 bits per heavy atom. The number of halogens is 1. The molecule has 0 spiro atoms. The molecule has 0 aliphatic heterocycles. The molecule has 0 atom stereocenters. The van der Waals surface area contributed by atoms with Crippen LogP contribution < -0.4 is 14.8 Å². The first kappa shape index (κ1) is 21.5. The smallest absolute Gasteiger partial charge is 0.303 e. The van der Waals surface area contributed by atoms with Gasteiger partial charge in [-0.25, -0.2) is 0 Å². The van der Waals surface area contributed by atoms with Crippen LogP contribution in [0.25, 0.3) is 6.08 Å². The molecule has 0 saturated heterocycles. The van der Waals surface area contributed by atoms with Crippen molar-refractivity contribution in [1.82, 2.24) is 5.32 Å². The third-order valence-electron chi connectivity index (χ3n) is 3.77. The van der Waals surface area contributed by atoms with Gasteiger partial charge in [0.15, 0.2) is 11.5 Å². The summed E-state index contributed by atoms with van der Waals surface area (Å²) in [5.41, 5.74) is 1.80. The molecule has 0 aromatic heterocycles. The number of methoxy groups -OCH3 is 1. The monoisotopic (exact) mass is 447 g/mol. The van der Waals surface area contributed by atoms with Crippen molar-refractivity contribution in [1.29, 1.82) is 0 Å². The standard InChI is InChI=1S/C21H22BrNO5/c1-27-18-13-16(9-10-19(24)23-11-5-8-20(25)26)12-17(22)21(18)28-14-15-6-3-2-4-7-15/h2-4,6-7,9-10,12-13H,5,8,11,14H2,1H3,(H,23,24)(H,25,26)/b10-9+. The Hall–Kier alpha value is -2.80. The average molecular weight is 448 g/mol. The minimum atomic E-state index is -0.878. The van der Waals surface area contributed by atoms with Gasteiger partial charge < -0.3 is 19.9 Å². The Labute approximate surface area is 172 Å². The molecule has 0 radical (unpaired) electrons. The van der Waals surface area contributed by atoms with Crippen LogP contribution in [0.1, 0.15) is 24.0 Å². The second-order valence-corrected chi connectivity index (χ2v) is 6.78. The quantitative estimate of drug-likeness (QED) is 0.424. The lowest BCUT2D eigenvalue weighted by atomic mass is 10.2. The Balaban J connectivity index is 1.99. The van der Waals surface area contributed by atoms with E-state index in [2.05, 4.69) is 21.2 Å². The normalized spacial score (nSPS) is 10.6. The number of ether oxygens (including phenoxy) is 2. The van der Waals surface area contributed by atoms with E-state index in [4.69, 9.17) is 14.6 Å². The van der Waals surface area contributed by atoms with E-state index in [-0.39, 0.29) is 12.3 Å². The molecule has 0 fully saturated rings. The van der Waals surface area contributed by atoms with Crippen molar-refractivity contribution in [3.05, 3.63) is 64.1 Å². The number of hydrogen-bond donors (Lipinski definition) is 2. The van der Waals surface area contributed by atoms with E-state index in [0.717, 1.165) is 11.1 Å². The van der Waals surface area contributed by atoms with Crippen LogP contribution in [0.4, 0.5) is 0 Å². The first-order chi connectivity index (χ1) is 13.5. The fourth-order valence-corrected chi connectivity index (χ4v) is 2.96. The molecule has 0 bridgehead atoms. The van der Waals surface area contributed by atoms with Gasteiger partial charge in [0.1, 0.15) is 6.61 Å². The summed E-state index contributed by atoms with van der Waals surface area (Å²) in [5, 5.41) is 11.2. The molecule has 0 aliphatic carbocycles. The fourth-order valence-electron chi connectivity index (χ4n) is 2.39. The van der Waals surface area contributed by atoms with Gasteiger partial charge in [-0.1, -0.05) is 30.3 Å². The fraction of sp³-hybridized carbons (Fsp3) is 0.238. The number of carbonyl (C=O) groups excluding carboxylic acids is 1. The number of carbonyl (C=O) groups is 2. The maximum absolute atomic E-state index is 11.8. The molecule has 148 valence electrons. The highest BCUT2D eigenvalue weighted by atomic mass is 79.9. The lowest BCUT2D eigenvalue weighted by Gasteiger charge is -2.13. The van der Waals surface area contributed by atoms with Crippen LogP contribution in [0, 0.1) is 0 Å². The highest BCUT2D eigenvalue weighted by molar-refractivity contribution is 9.10. The van der Waals surface area contributed by atoms with Crippen molar-refractivity contribution in [2.75, 3.05) is 13.7 Å². The molecule has 2 rings (SSSR count). The van der Waals surface area contributed by atoms with Crippen LogP contribution in [0.2, 0.25) is 0 Å². The van der Waals surface area contributed by atoms with Gasteiger partial charge in [-0.05, 0) is 51.7 Å². The number of carboxylic acid groups (broad SMARTS) is 1. The topological polar surface area (TPSA) is 84.9 Å². The molecule has 2 N–H and O–H groups in total. The van der Waals surface area contributed by atoms with E-state index < -0.39 is 5.97 Å². The van der Waals surface area contributed by atoms with Gasteiger partial charge in [-0.2, -0.15) is 0 Å². The zero-order valence-corrected chi connectivity index (χ0v) is 17.1. The summed E-state index contributed by atoms with van der Waals surface area (Å²) in [6, 6.07) is 13.4. The average Bonchev–Trinajstić information content (AvgIpc) is 2.69. The third-order valence-corrected chi connectivity index (χ3v) is 4.36. The molecule has 7 heteroatoms. The number of hydrogen-bond acceptors (Lipinski definition) is 4. The van der Waals surface area contributed by atoms with Crippen LogP contribution in [-0.2, 0) is 16.2 Å². The summed E-state index contributed by atoms with van der Waals surface area (Å²) < 4.78 is 12.0. The van der Waals surface area contributed by atoms with Crippen LogP contribution in [0.15, 0.2) is 53.0 Å². The van der Waals surface area contributed by atoms with Crippen LogP contribution >= 0.6 is 15.9 Å². The first-order valence-corrected chi connectivity index (χ1v) is 9.51. The zero-order valence-electron chi connectivity index (χ0n) is 15.5. The third kappa shape index (κ3) is 7.08. The summed E-state index contributed by atoms with van der Waals surface area (Å²) in [4.78, 5) is 22.3. The molecule has 6 nitrogen and oxygen atoms in total. The maximum Gasteiger partial charge on any atom is 0.303 e. The predicted molar refractivity (Wildman–Crippen MR) is 110 cm³/mol. The van der Waals surface area contributed by atoms with E-state index in [0.29, 0.717) is 35.5 Å². The van der Waals surface area contributed by atoms with Crippen molar-refractivity contribution in [3.63, 3.8) is 0 Å². The second-order valence-electron chi connectivity index (χ2n) is 5.93. The lowest BCUT2D eigenvalue weighted by Crippen LogP contribution is -2.22. The van der Waals surface area contributed by atoms with E-state index in [9.17, 15) is 9.59 Å². The number of rotatable bonds is 10. The largest absolute Gasteiger partial charge is 0.493 e. The predicted octanol–water partition coefficient (Wildman–Crippen LogP) is 4.03. The van der Waals surface area contributed by atoms with Gasteiger partial charge in [0.2, 0.25) is 5.91 Å². The molecule has 0 unspecified atom stereocenters. The summed E-state index contributed by atoms with van der Waals surface area (Å²) in [6.45, 7) is 0.721. The second kappa shape index (κ2) is 11.1. The highest BCUT2D eigenvalue weighted by Gasteiger charge is 2.11. The molecule has 2 aromatic rings. The van der Waals surface area contributed by atoms with E-state index in [1.54, 1.807) is 19.3 Å². The van der Waals surface area contributed by atoms with Crippen molar-refractivity contribution in [3.8, 4) is 11.5 Å². The van der Waals surface area contributed by atoms with Gasteiger partial charge in [0.05, 0.1) is 11.6 Å². The SMILES string of the molecule is COc1cc(/C=C/C(=O)NCCCC(=O)O)cc(Br)c1OCc1ccccc1. The van der Waals surface area contributed by atoms with Crippen LogP contribution in [-0.4, -0.2) is 30.6 Å². The summed E-state index contributed by atoms with van der Waals surface area (Å²) >= 11 is 3.49. The summed E-state index contributed by atoms with van der Waals surface area (Å²) in [5.74, 6) is -0.0327. The summed E-state index contributed by atoms with van der Waals surface area (Å²) in [7, 11) is 1.56. The van der Waals surface area contributed by atoms with Gasteiger partial charge in [0, 0.05) is 19.0 Å². The lowest BCUT2D eigenvalue weighted by molar-refractivity contribution is -0.137. The van der Waals surface area contributed by atoms with Crippen LogP contribution in [0.5, 0.6) is 11.5 Å². The minimum Gasteiger partial charge on any atom is -0.493 e. The number of nitrogens with one attached hydrogen (secondary N) is 1. The Kier molecular flexibility index (Phi) is 8.55. The zero-order chi connectivity index (χ0) is 20.4. The van der Waals surface area contributed by atoms with E-state index >= 15 is 0 Å². The van der Waals surface area contributed by atoms with Crippen molar-refractivity contribution < 1.29 is 24.2 Å². The molecule has 2 aromatic carbocycles. The Morgan fingerprint density at radius 2 is 1.96 bits per heavy atom. The van der Waals surface area contributed by atoms with Gasteiger partial charge in [-0.15, -0.1) is 0 Å². The first-order valence-electron chi connectivity index (χ1n) is 8.71. The summed E-state index contributed by atoms with van der Waals surface area (Å²) in [6.07, 6.45) is 3.47. The van der Waals surface area contributed by atoms with E-state index in [1.165, 1.54) is 6.08 Å². The maximum atomic E-state index is 11.8. The number of benzene rings is 2.